The largest absolute Gasteiger partial charge is 0.347 e. The maximum absolute atomic E-state index is 11.8. The summed E-state index contributed by atoms with van der Waals surface area (Å²) in [5.41, 5.74) is 1.22. The third kappa shape index (κ3) is 3.22. The van der Waals surface area contributed by atoms with Crippen molar-refractivity contribution in [3.05, 3.63) is 47.8 Å². The molecule has 0 radical (unpaired) electrons. The van der Waals surface area contributed by atoms with Crippen molar-refractivity contribution in [2.24, 2.45) is 12.2 Å². The smallest absolute Gasteiger partial charge is 0.269 e. The van der Waals surface area contributed by atoms with Crippen molar-refractivity contribution >= 4 is 15.9 Å². The lowest BCUT2D eigenvalue weighted by atomic mass is 10.2. The normalized spacial score (nSPS) is 11.3. The highest BCUT2D eigenvalue weighted by molar-refractivity contribution is 7.89. The lowest BCUT2D eigenvalue weighted by Crippen LogP contribution is -2.25. The molecular formula is C12H14N4O3S. The molecule has 106 valence electrons. The minimum absolute atomic E-state index is 0.0409. The van der Waals surface area contributed by atoms with Crippen molar-refractivity contribution in [2.75, 3.05) is 0 Å². The van der Waals surface area contributed by atoms with Crippen LogP contribution < -0.4 is 10.5 Å². The van der Waals surface area contributed by atoms with Crippen LogP contribution in [-0.2, 0) is 23.6 Å². The summed E-state index contributed by atoms with van der Waals surface area (Å²) in [6.45, 7) is 0.287. The first kappa shape index (κ1) is 14.2. The van der Waals surface area contributed by atoms with Crippen LogP contribution in [0.5, 0.6) is 0 Å². The van der Waals surface area contributed by atoms with Crippen LogP contribution in [0.3, 0.4) is 0 Å². The number of nitrogens with zero attached hydrogens (tertiary/aromatic N) is 2. The molecule has 1 aromatic heterocycles. The molecule has 1 heterocycles. The van der Waals surface area contributed by atoms with E-state index in [1.165, 1.54) is 23.0 Å². The second-order valence-electron chi connectivity index (χ2n) is 4.21. The summed E-state index contributed by atoms with van der Waals surface area (Å²) in [4.78, 5) is 11.9. The van der Waals surface area contributed by atoms with E-state index in [1.807, 2.05) is 0 Å². The van der Waals surface area contributed by atoms with Gasteiger partial charge >= 0.3 is 0 Å². The zero-order chi connectivity index (χ0) is 14.8. The van der Waals surface area contributed by atoms with Crippen LogP contribution in [0.15, 0.2) is 41.4 Å². The van der Waals surface area contributed by atoms with Gasteiger partial charge in [0.05, 0.1) is 4.90 Å². The molecule has 20 heavy (non-hydrogen) atoms. The van der Waals surface area contributed by atoms with Gasteiger partial charge in [-0.25, -0.2) is 13.6 Å². The number of hydrogen-bond acceptors (Lipinski definition) is 4. The molecule has 7 nitrogen and oxygen atoms in total. The molecular weight excluding hydrogens is 280 g/mol. The van der Waals surface area contributed by atoms with Crippen molar-refractivity contribution in [2.45, 2.75) is 11.4 Å². The number of hydrogen-bond donors (Lipinski definition) is 2. The molecule has 0 unspecified atom stereocenters. The van der Waals surface area contributed by atoms with Gasteiger partial charge in [-0.2, -0.15) is 5.10 Å². The van der Waals surface area contributed by atoms with Crippen molar-refractivity contribution < 1.29 is 13.2 Å². The summed E-state index contributed by atoms with van der Waals surface area (Å²) >= 11 is 0. The predicted molar refractivity (Wildman–Crippen MR) is 72.2 cm³/mol. The van der Waals surface area contributed by atoms with Gasteiger partial charge in [-0.1, -0.05) is 12.1 Å². The summed E-state index contributed by atoms with van der Waals surface area (Å²) in [6, 6.07) is 7.62. The fraction of sp³-hybridized carbons (Fsp3) is 0.167. The second kappa shape index (κ2) is 5.43. The molecule has 0 saturated heterocycles. The zero-order valence-corrected chi connectivity index (χ0v) is 11.6. The average Bonchev–Trinajstić information content (AvgIpc) is 2.82. The summed E-state index contributed by atoms with van der Waals surface area (Å²) in [5.74, 6) is -0.250. The van der Waals surface area contributed by atoms with E-state index in [9.17, 15) is 13.2 Å². The first-order valence-electron chi connectivity index (χ1n) is 5.76. The summed E-state index contributed by atoms with van der Waals surface area (Å²) in [7, 11) is -2.01. The first-order chi connectivity index (χ1) is 9.38. The third-order valence-electron chi connectivity index (χ3n) is 2.76. The molecule has 8 heteroatoms. The number of aromatic nitrogens is 2. The Morgan fingerprint density at radius 1 is 1.30 bits per heavy atom. The molecule has 0 saturated carbocycles. The van der Waals surface area contributed by atoms with E-state index < -0.39 is 10.0 Å². The van der Waals surface area contributed by atoms with Gasteiger partial charge in [0, 0.05) is 19.8 Å². The molecule has 1 amide bonds. The minimum Gasteiger partial charge on any atom is -0.347 e. The minimum atomic E-state index is -3.69. The van der Waals surface area contributed by atoms with E-state index in [2.05, 4.69) is 10.4 Å². The monoisotopic (exact) mass is 294 g/mol. The second-order valence-corrected chi connectivity index (χ2v) is 5.77. The fourth-order valence-corrected chi connectivity index (χ4v) is 2.18. The molecule has 1 aromatic carbocycles. The highest BCUT2D eigenvalue weighted by Gasteiger charge is 2.10. The van der Waals surface area contributed by atoms with Crippen LogP contribution in [0.25, 0.3) is 0 Å². The van der Waals surface area contributed by atoms with Crippen LogP contribution >= 0.6 is 0 Å². The SMILES string of the molecule is Cn1nccc1C(=O)NCc1ccc(S(N)(=O)=O)cc1. The van der Waals surface area contributed by atoms with Crippen LogP contribution in [0, 0.1) is 0 Å². The fourth-order valence-electron chi connectivity index (χ4n) is 1.67. The number of carbonyl (C=O) groups is 1. The van der Waals surface area contributed by atoms with E-state index >= 15 is 0 Å². The van der Waals surface area contributed by atoms with E-state index in [1.54, 1.807) is 25.2 Å². The topological polar surface area (TPSA) is 107 Å². The highest BCUT2D eigenvalue weighted by Crippen LogP contribution is 2.08. The quantitative estimate of drug-likeness (QED) is 0.827. The Hall–Kier alpha value is -2.19. The van der Waals surface area contributed by atoms with Crippen molar-refractivity contribution in [1.29, 1.82) is 0 Å². The highest BCUT2D eigenvalue weighted by atomic mass is 32.2. The number of nitrogens with two attached hydrogens (primary N) is 1. The first-order valence-corrected chi connectivity index (χ1v) is 7.30. The maximum atomic E-state index is 11.8. The van der Waals surface area contributed by atoms with Gasteiger partial charge in [0.2, 0.25) is 10.0 Å². The van der Waals surface area contributed by atoms with Crippen molar-refractivity contribution in [3.63, 3.8) is 0 Å². The number of amides is 1. The molecule has 2 rings (SSSR count). The number of carbonyl (C=O) groups excluding carboxylic acids is 1. The van der Waals surface area contributed by atoms with Gasteiger partial charge < -0.3 is 5.32 Å². The molecule has 0 atom stereocenters. The molecule has 0 aliphatic rings. The third-order valence-corrected chi connectivity index (χ3v) is 3.69. The molecule has 2 aromatic rings. The van der Waals surface area contributed by atoms with Crippen LogP contribution in [-0.4, -0.2) is 24.1 Å². The van der Waals surface area contributed by atoms with Crippen LogP contribution in [0.2, 0.25) is 0 Å². The number of primary sulfonamides is 1. The number of benzene rings is 1. The van der Waals surface area contributed by atoms with E-state index in [0.717, 1.165) is 5.56 Å². The lowest BCUT2D eigenvalue weighted by molar-refractivity contribution is 0.0941. The molecule has 0 aliphatic heterocycles. The Morgan fingerprint density at radius 2 is 1.95 bits per heavy atom. The number of sulfonamides is 1. The summed E-state index contributed by atoms with van der Waals surface area (Å²) in [5, 5.41) is 11.6. The zero-order valence-electron chi connectivity index (χ0n) is 10.8. The maximum Gasteiger partial charge on any atom is 0.269 e. The Balaban J connectivity index is 2.02. The van der Waals surface area contributed by atoms with Crippen molar-refractivity contribution in [1.82, 2.24) is 15.1 Å². The Labute approximate surface area is 116 Å². The Morgan fingerprint density at radius 3 is 2.45 bits per heavy atom. The van der Waals surface area contributed by atoms with Gasteiger partial charge in [0.25, 0.3) is 5.91 Å². The van der Waals surface area contributed by atoms with Gasteiger partial charge in [-0.05, 0) is 23.8 Å². The van der Waals surface area contributed by atoms with Gasteiger partial charge in [-0.15, -0.1) is 0 Å². The van der Waals surface area contributed by atoms with Gasteiger partial charge in [-0.3, -0.25) is 9.48 Å². The van der Waals surface area contributed by atoms with E-state index in [0.29, 0.717) is 5.69 Å². The van der Waals surface area contributed by atoms with Crippen molar-refractivity contribution in [3.8, 4) is 0 Å². The number of aryl methyl sites for hydroxylation is 1. The van der Waals surface area contributed by atoms with Gasteiger partial charge in [0.15, 0.2) is 0 Å². The van der Waals surface area contributed by atoms with Crippen LogP contribution in [0.4, 0.5) is 0 Å². The van der Waals surface area contributed by atoms with E-state index in [-0.39, 0.29) is 17.3 Å². The molecule has 0 aliphatic carbocycles. The molecule has 3 N–H and O–H groups in total. The number of rotatable bonds is 4. The lowest BCUT2D eigenvalue weighted by Gasteiger charge is -2.06. The predicted octanol–water partition coefficient (Wildman–Crippen LogP) is -0.00250. The molecule has 0 spiro atoms. The summed E-state index contributed by atoms with van der Waals surface area (Å²) in [6.07, 6.45) is 1.54. The molecule has 0 fully saturated rings. The van der Waals surface area contributed by atoms with Crippen LogP contribution in [0.1, 0.15) is 16.1 Å². The average molecular weight is 294 g/mol. The standard InChI is InChI=1S/C12H14N4O3S/c1-16-11(6-7-15-16)12(17)14-8-9-2-4-10(5-3-9)20(13,18)19/h2-7H,8H2,1H3,(H,14,17)(H2,13,18,19). The number of nitrogens with one attached hydrogen (secondary N) is 1. The summed E-state index contributed by atoms with van der Waals surface area (Å²) < 4.78 is 23.7. The van der Waals surface area contributed by atoms with Gasteiger partial charge in [0.1, 0.15) is 5.69 Å². The Bertz CT molecular complexity index is 719. The molecule has 0 bridgehead atoms. The van der Waals surface area contributed by atoms with E-state index in [4.69, 9.17) is 5.14 Å². The Kier molecular flexibility index (Phi) is 3.86.